The van der Waals surface area contributed by atoms with Crippen LogP contribution in [-0.4, -0.2) is 11.2 Å². The predicted octanol–water partition coefficient (Wildman–Crippen LogP) is 4.21. The van der Waals surface area contributed by atoms with E-state index in [2.05, 4.69) is 15.9 Å². The van der Waals surface area contributed by atoms with E-state index in [0.29, 0.717) is 16.1 Å². The largest absolute Gasteiger partial charge is 0.490 e. The van der Waals surface area contributed by atoms with Crippen LogP contribution in [0.5, 0.6) is 5.75 Å². The lowest BCUT2D eigenvalue weighted by Crippen LogP contribution is -2.02. The Balaban J connectivity index is 1.84. The molecule has 4 heteroatoms. The van der Waals surface area contributed by atoms with Crippen LogP contribution < -0.4 is 4.74 Å². The molecule has 3 rings (SSSR count). The Bertz CT molecular complexity index is 626. The van der Waals surface area contributed by atoms with Crippen LogP contribution in [-0.2, 0) is 0 Å². The van der Waals surface area contributed by atoms with Gasteiger partial charge in [-0.15, -0.1) is 0 Å². The minimum Gasteiger partial charge on any atom is -0.490 e. The predicted molar refractivity (Wildman–Crippen MR) is 78.3 cm³/mol. The molecule has 1 unspecified atom stereocenters. The van der Waals surface area contributed by atoms with Crippen LogP contribution in [0.2, 0.25) is 0 Å². The minimum atomic E-state index is -0.797. The Hall–Kier alpha value is -1.39. The lowest BCUT2D eigenvalue weighted by Gasteiger charge is -2.14. The molecule has 1 fully saturated rings. The summed E-state index contributed by atoms with van der Waals surface area (Å²) in [6.45, 7) is 0. The fourth-order valence-electron chi connectivity index (χ4n) is 2.01. The molecule has 1 N–H and O–H groups in total. The average molecular weight is 337 g/mol. The molecule has 1 saturated carbocycles. The molecule has 2 nitrogen and oxygen atoms in total. The molecule has 0 amide bonds. The summed E-state index contributed by atoms with van der Waals surface area (Å²) in [6, 6.07) is 11.9. The number of ether oxygens (including phenoxy) is 1. The molecule has 1 aliphatic rings. The molecule has 0 aromatic heterocycles. The van der Waals surface area contributed by atoms with E-state index in [-0.39, 0.29) is 5.82 Å². The fourth-order valence-corrected chi connectivity index (χ4v) is 2.41. The molecule has 0 radical (unpaired) electrons. The van der Waals surface area contributed by atoms with Gasteiger partial charge in [0, 0.05) is 0 Å². The summed E-state index contributed by atoms with van der Waals surface area (Å²) in [5.74, 6) is 0.428. The van der Waals surface area contributed by atoms with Crippen LogP contribution in [0.4, 0.5) is 4.39 Å². The molecule has 0 heterocycles. The zero-order valence-corrected chi connectivity index (χ0v) is 12.3. The summed E-state index contributed by atoms with van der Waals surface area (Å²) < 4.78 is 19.3. The Morgan fingerprint density at radius 3 is 2.60 bits per heavy atom. The average Bonchev–Trinajstić information content (AvgIpc) is 3.25. The molecule has 1 aliphatic carbocycles. The van der Waals surface area contributed by atoms with Crippen molar-refractivity contribution in [3.05, 3.63) is 63.9 Å². The molecular weight excluding hydrogens is 323 g/mol. The second kappa shape index (κ2) is 5.54. The Kier molecular flexibility index (Phi) is 3.76. The summed E-state index contributed by atoms with van der Waals surface area (Å²) in [6.07, 6.45) is 1.71. The normalized spacial score (nSPS) is 15.9. The van der Waals surface area contributed by atoms with Crippen LogP contribution in [0, 0.1) is 5.82 Å². The molecule has 0 aliphatic heterocycles. The van der Waals surface area contributed by atoms with Crippen molar-refractivity contribution in [3.8, 4) is 5.75 Å². The molecule has 0 bridgehead atoms. The van der Waals surface area contributed by atoms with E-state index >= 15 is 0 Å². The number of rotatable bonds is 4. The quantitative estimate of drug-likeness (QED) is 0.906. The summed E-state index contributed by atoms with van der Waals surface area (Å²) in [5.41, 5.74) is 1.38. The molecular formula is C16H14BrFO2. The second-order valence-corrected chi connectivity index (χ2v) is 5.82. The Labute approximate surface area is 125 Å². The van der Waals surface area contributed by atoms with Crippen molar-refractivity contribution in [3.63, 3.8) is 0 Å². The molecule has 2 aromatic rings. The number of aliphatic hydroxyl groups is 1. The zero-order valence-electron chi connectivity index (χ0n) is 10.7. The lowest BCUT2D eigenvalue weighted by atomic mass is 10.0. The van der Waals surface area contributed by atoms with Crippen LogP contribution in [0.25, 0.3) is 0 Å². The summed E-state index contributed by atoms with van der Waals surface area (Å²) >= 11 is 3.13. The van der Waals surface area contributed by atoms with Gasteiger partial charge >= 0.3 is 0 Å². The smallest absolute Gasteiger partial charge is 0.137 e. The lowest BCUT2D eigenvalue weighted by molar-refractivity contribution is 0.219. The molecule has 1 atom stereocenters. The first-order valence-corrected chi connectivity index (χ1v) is 7.32. The van der Waals surface area contributed by atoms with Gasteiger partial charge in [-0.1, -0.05) is 18.2 Å². The van der Waals surface area contributed by atoms with E-state index in [1.807, 2.05) is 24.3 Å². The van der Waals surface area contributed by atoms with Crippen molar-refractivity contribution in [2.24, 2.45) is 0 Å². The number of hydrogen-bond acceptors (Lipinski definition) is 2. The third-order valence-corrected chi connectivity index (χ3v) is 3.87. The number of benzene rings is 2. The monoisotopic (exact) mass is 336 g/mol. The van der Waals surface area contributed by atoms with Crippen molar-refractivity contribution in [2.75, 3.05) is 0 Å². The second-order valence-electron chi connectivity index (χ2n) is 4.97. The van der Waals surface area contributed by atoms with Crippen molar-refractivity contribution in [1.29, 1.82) is 0 Å². The fraction of sp³-hybridized carbons (Fsp3) is 0.250. The van der Waals surface area contributed by atoms with E-state index in [1.165, 1.54) is 6.07 Å². The molecule has 0 saturated heterocycles. The Morgan fingerprint density at radius 2 is 1.90 bits per heavy atom. The summed E-state index contributed by atoms with van der Waals surface area (Å²) in [4.78, 5) is 0. The number of halogens is 2. The van der Waals surface area contributed by atoms with Gasteiger partial charge in [0.25, 0.3) is 0 Å². The first kappa shape index (κ1) is 13.6. The number of aliphatic hydroxyl groups excluding tert-OH is 1. The highest BCUT2D eigenvalue weighted by Crippen LogP contribution is 2.31. The molecule has 20 heavy (non-hydrogen) atoms. The van der Waals surface area contributed by atoms with E-state index in [1.54, 1.807) is 12.1 Å². The first-order valence-electron chi connectivity index (χ1n) is 6.53. The van der Waals surface area contributed by atoms with Crippen molar-refractivity contribution < 1.29 is 14.2 Å². The zero-order chi connectivity index (χ0) is 14.1. The number of hydrogen-bond donors (Lipinski definition) is 1. The van der Waals surface area contributed by atoms with Crippen LogP contribution in [0.15, 0.2) is 46.9 Å². The maximum absolute atomic E-state index is 13.2. The van der Waals surface area contributed by atoms with Gasteiger partial charge < -0.3 is 9.84 Å². The van der Waals surface area contributed by atoms with Gasteiger partial charge in [-0.25, -0.2) is 4.39 Å². The molecule has 2 aromatic carbocycles. The highest BCUT2D eigenvalue weighted by Gasteiger charge is 2.23. The highest BCUT2D eigenvalue weighted by atomic mass is 79.9. The van der Waals surface area contributed by atoms with E-state index in [0.717, 1.165) is 24.2 Å². The van der Waals surface area contributed by atoms with Gasteiger partial charge in [-0.3, -0.25) is 0 Å². The Morgan fingerprint density at radius 1 is 1.15 bits per heavy atom. The van der Waals surface area contributed by atoms with Crippen molar-refractivity contribution in [1.82, 2.24) is 0 Å². The molecule has 0 spiro atoms. The van der Waals surface area contributed by atoms with Gasteiger partial charge in [-0.2, -0.15) is 0 Å². The first-order chi connectivity index (χ1) is 9.63. The third kappa shape index (κ3) is 3.02. The highest BCUT2D eigenvalue weighted by molar-refractivity contribution is 9.10. The summed E-state index contributed by atoms with van der Waals surface area (Å²) in [5, 5.41) is 10.4. The van der Waals surface area contributed by atoms with Gasteiger partial charge in [0.05, 0.1) is 10.6 Å². The van der Waals surface area contributed by atoms with Crippen LogP contribution in [0.1, 0.15) is 30.1 Å². The maximum Gasteiger partial charge on any atom is 0.137 e. The van der Waals surface area contributed by atoms with Gasteiger partial charge in [0.15, 0.2) is 0 Å². The van der Waals surface area contributed by atoms with E-state index in [9.17, 15) is 9.50 Å². The van der Waals surface area contributed by atoms with Crippen LogP contribution >= 0.6 is 15.9 Å². The summed E-state index contributed by atoms with van der Waals surface area (Å²) in [7, 11) is 0. The maximum atomic E-state index is 13.2. The van der Waals surface area contributed by atoms with Crippen LogP contribution in [0.3, 0.4) is 0 Å². The topological polar surface area (TPSA) is 29.5 Å². The van der Waals surface area contributed by atoms with Gasteiger partial charge in [0.1, 0.15) is 17.7 Å². The van der Waals surface area contributed by atoms with Gasteiger partial charge in [-0.05, 0) is 64.2 Å². The van der Waals surface area contributed by atoms with E-state index < -0.39 is 6.10 Å². The standard InChI is InChI=1S/C16H14BrFO2/c17-14-9-11(4-7-15(14)18)16(19)10-2-1-3-13(8-10)20-12-5-6-12/h1-4,7-9,12,16,19H,5-6H2. The van der Waals surface area contributed by atoms with E-state index in [4.69, 9.17) is 4.74 Å². The van der Waals surface area contributed by atoms with Gasteiger partial charge in [0.2, 0.25) is 0 Å². The minimum absolute atomic E-state index is 0.322. The molecule has 104 valence electrons. The SMILES string of the molecule is OC(c1cccc(OC2CC2)c1)c1ccc(F)c(Br)c1. The van der Waals surface area contributed by atoms with Crippen molar-refractivity contribution >= 4 is 15.9 Å². The third-order valence-electron chi connectivity index (χ3n) is 3.26. The van der Waals surface area contributed by atoms with Crippen molar-refractivity contribution in [2.45, 2.75) is 25.0 Å².